The Morgan fingerprint density at radius 1 is 1.14 bits per heavy atom. The monoisotopic (exact) mass is 295 g/mol. The van der Waals surface area contributed by atoms with Gasteiger partial charge in [-0.1, -0.05) is 36.4 Å². The SMILES string of the molecule is CCOc1ccc2c(c1)CC(NC(C)c1ccccc1)CC2. The van der Waals surface area contributed by atoms with Crippen LogP contribution >= 0.6 is 0 Å². The van der Waals surface area contributed by atoms with Crippen molar-refractivity contribution in [1.29, 1.82) is 0 Å². The van der Waals surface area contributed by atoms with Crippen LogP contribution < -0.4 is 10.1 Å². The summed E-state index contributed by atoms with van der Waals surface area (Å²) in [5.74, 6) is 0.998. The van der Waals surface area contributed by atoms with Crippen molar-refractivity contribution in [1.82, 2.24) is 5.32 Å². The fourth-order valence-electron chi connectivity index (χ4n) is 3.32. The van der Waals surface area contributed by atoms with E-state index in [0.29, 0.717) is 12.1 Å². The van der Waals surface area contributed by atoms with Crippen molar-refractivity contribution in [3.05, 3.63) is 65.2 Å². The van der Waals surface area contributed by atoms with E-state index in [9.17, 15) is 0 Å². The fraction of sp³-hybridized carbons (Fsp3) is 0.400. The van der Waals surface area contributed by atoms with E-state index in [1.165, 1.54) is 23.1 Å². The number of ether oxygens (including phenoxy) is 1. The summed E-state index contributed by atoms with van der Waals surface area (Å²) >= 11 is 0. The van der Waals surface area contributed by atoms with Crippen LogP contribution in [-0.4, -0.2) is 12.6 Å². The van der Waals surface area contributed by atoms with Crippen molar-refractivity contribution in [3.8, 4) is 5.75 Å². The average molecular weight is 295 g/mol. The number of hydrogen-bond acceptors (Lipinski definition) is 2. The number of benzene rings is 2. The summed E-state index contributed by atoms with van der Waals surface area (Å²) in [6.45, 7) is 5.01. The molecule has 1 aliphatic rings. The van der Waals surface area contributed by atoms with E-state index in [1.807, 2.05) is 6.92 Å². The Balaban J connectivity index is 1.67. The molecule has 1 aliphatic carbocycles. The van der Waals surface area contributed by atoms with E-state index >= 15 is 0 Å². The molecule has 2 aromatic rings. The van der Waals surface area contributed by atoms with Crippen molar-refractivity contribution in [2.75, 3.05) is 6.61 Å². The molecule has 0 radical (unpaired) electrons. The van der Waals surface area contributed by atoms with Crippen LogP contribution in [0.1, 0.15) is 43.0 Å². The lowest BCUT2D eigenvalue weighted by Gasteiger charge is -2.29. The van der Waals surface area contributed by atoms with Crippen LogP contribution in [0.25, 0.3) is 0 Å². The first kappa shape index (κ1) is 15.1. The second-order valence-corrected chi connectivity index (χ2v) is 6.10. The Kier molecular flexibility index (Phi) is 4.79. The summed E-state index contributed by atoms with van der Waals surface area (Å²) in [5.41, 5.74) is 4.28. The van der Waals surface area contributed by atoms with Gasteiger partial charge in [-0.25, -0.2) is 0 Å². The molecule has 0 fully saturated rings. The Bertz CT molecular complexity index is 608. The maximum Gasteiger partial charge on any atom is 0.119 e. The van der Waals surface area contributed by atoms with Crippen LogP contribution in [0.15, 0.2) is 48.5 Å². The largest absolute Gasteiger partial charge is 0.494 e. The summed E-state index contributed by atoms with van der Waals surface area (Å²) in [5, 5.41) is 3.79. The molecule has 2 unspecified atom stereocenters. The summed E-state index contributed by atoms with van der Waals surface area (Å²) in [4.78, 5) is 0. The molecule has 2 aromatic carbocycles. The van der Waals surface area contributed by atoms with Crippen molar-refractivity contribution in [3.63, 3.8) is 0 Å². The van der Waals surface area contributed by atoms with Gasteiger partial charge in [0.15, 0.2) is 0 Å². The fourth-order valence-corrected chi connectivity index (χ4v) is 3.32. The minimum atomic E-state index is 0.392. The Morgan fingerprint density at radius 2 is 1.95 bits per heavy atom. The molecule has 0 saturated carbocycles. The minimum Gasteiger partial charge on any atom is -0.494 e. The maximum atomic E-state index is 5.64. The molecule has 0 heterocycles. The van der Waals surface area contributed by atoms with Crippen LogP contribution in [0.4, 0.5) is 0 Å². The van der Waals surface area contributed by atoms with Gasteiger partial charge in [0.25, 0.3) is 0 Å². The lowest BCUT2D eigenvalue weighted by atomic mass is 9.87. The van der Waals surface area contributed by atoms with Gasteiger partial charge in [-0.05, 0) is 61.9 Å². The molecule has 3 rings (SSSR count). The maximum absolute atomic E-state index is 5.64. The van der Waals surface area contributed by atoms with Crippen LogP contribution in [-0.2, 0) is 12.8 Å². The zero-order chi connectivity index (χ0) is 15.4. The molecule has 0 aromatic heterocycles. The lowest BCUT2D eigenvalue weighted by Crippen LogP contribution is -2.36. The third kappa shape index (κ3) is 3.50. The first-order valence-corrected chi connectivity index (χ1v) is 8.32. The summed E-state index contributed by atoms with van der Waals surface area (Å²) in [6, 6.07) is 18.2. The minimum absolute atomic E-state index is 0.392. The topological polar surface area (TPSA) is 21.3 Å². The highest BCUT2D eigenvalue weighted by Crippen LogP contribution is 2.27. The van der Waals surface area contributed by atoms with Crippen molar-refractivity contribution in [2.45, 2.75) is 45.2 Å². The van der Waals surface area contributed by atoms with E-state index in [1.54, 1.807) is 0 Å². The summed E-state index contributed by atoms with van der Waals surface area (Å²) < 4.78 is 5.64. The van der Waals surface area contributed by atoms with Gasteiger partial charge >= 0.3 is 0 Å². The number of aryl methyl sites for hydroxylation is 1. The predicted molar refractivity (Wildman–Crippen MR) is 91.4 cm³/mol. The van der Waals surface area contributed by atoms with Gasteiger partial charge in [-0.3, -0.25) is 0 Å². The van der Waals surface area contributed by atoms with Gasteiger partial charge in [-0.15, -0.1) is 0 Å². The average Bonchev–Trinajstić information content (AvgIpc) is 2.55. The lowest BCUT2D eigenvalue weighted by molar-refractivity contribution is 0.338. The molecule has 0 bridgehead atoms. The summed E-state index contributed by atoms with van der Waals surface area (Å²) in [7, 11) is 0. The van der Waals surface area contributed by atoms with Gasteiger partial charge in [0.1, 0.15) is 5.75 Å². The number of hydrogen-bond donors (Lipinski definition) is 1. The van der Waals surface area contributed by atoms with Gasteiger partial charge in [0.05, 0.1) is 6.61 Å². The molecule has 0 spiro atoms. The molecule has 116 valence electrons. The molecule has 22 heavy (non-hydrogen) atoms. The first-order chi connectivity index (χ1) is 10.8. The predicted octanol–water partition coefficient (Wildman–Crippen LogP) is 4.29. The third-order valence-corrected chi connectivity index (χ3v) is 4.50. The van der Waals surface area contributed by atoms with E-state index in [-0.39, 0.29) is 0 Å². The van der Waals surface area contributed by atoms with Crippen molar-refractivity contribution < 1.29 is 4.74 Å². The molecule has 2 atom stereocenters. The molecule has 1 N–H and O–H groups in total. The Hall–Kier alpha value is -1.80. The van der Waals surface area contributed by atoms with Gasteiger partial charge in [-0.2, -0.15) is 0 Å². The number of fused-ring (bicyclic) bond motifs is 1. The van der Waals surface area contributed by atoms with Gasteiger partial charge in [0.2, 0.25) is 0 Å². The molecule has 0 amide bonds. The molecule has 0 saturated heterocycles. The van der Waals surface area contributed by atoms with Crippen LogP contribution in [0, 0.1) is 0 Å². The Labute approximate surface area is 133 Å². The Morgan fingerprint density at radius 3 is 2.73 bits per heavy atom. The number of rotatable bonds is 5. The highest BCUT2D eigenvalue weighted by Gasteiger charge is 2.20. The van der Waals surface area contributed by atoms with E-state index in [0.717, 1.165) is 25.2 Å². The molecule has 0 aliphatic heterocycles. The van der Waals surface area contributed by atoms with Gasteiger partial charge < -0.3 is 10.1 Å². The molecular formula is C20H25NO. The summed E-state index contributed by atoms with van der Waals surface area (Å²) in [6.07, 6.45) is 3.45. The van der Waals surface area contributed by atoms with Crippen molar-refractivity contribution in [2.24, 2.45) is 0 Å². The smallest absolute Gasteiger partial charge is 0.119 e. The van der Waals surface area contributed by atoms with Crippen molar-refractivity contribution >= 4 is 0 Å². The van der Waals surface area contributed by atoms with Crippen LogP contribution in [0.2, 0.25) is 0 Å². The van der Waals surface area contributed by atoms with E-state index in [2.05, 4.69) is 60.8 Å². The number of nitrogens with one attached hydrogen (secondary N) is 1. The second kappa shape index (κ2) is 6.97. The van der Waals surface area contributed by atoms with E-state index < -0.39 is 0 Å². The normalized spacial score (nSPS) is 18.5. The quantitative estimate of drug-likeness (QED) is 0.888. The highest BCUT2D eigenvalue weighted by molar-refractivity contribution is 5.38. The van der Waals surface area contributed by atoms with Gasteiger partial charge in [0, 0.05) is 12.1 Å². The highest BCUT2D eigenvalue weighted by atomic mass is 16.5. The van der Waals surface area contributed by atoms with Crippen LogP contribution in [0.5, 0.6) is 5.75 Å². The second-order valence-electron chi connectivity index (χ2n) is 6.10. The zero-order valence-electron chi connectivity index (χ0n) is 13.5. The molecule has 2 nitrogen and oxygen atoms in total. The molecular weight excluding hydrogens is 270 g/mol. The third-order valence-electron chi connectivity index (χ3n) is 4.50. The van der Waals surface area contributed by atoms with E-state index in [4.69, 9.17) is 4.74 Å². The standard InChI is InChI=1S/C20H25NO/c1-3-22-20-12-10-17-9-11-19(13-18(17)14-20)21-15(2)16-7-5-4-6-8-16/h4-8,10,12,14-15,19,21H,3,9,11,13H2,1-2H3. The zero-order valence-corrected chi connectivity index (χ0v) is 13.5. The van der Waals surface area contributed by atoms with Crippen LogP contribution in [0.3, 0.4) is 0 Å². The molecule has 2 heteroatoms. The first-order valence-electron chi connectivity index (χ1n) is 8.32.